The van der Waals surface area contributed by atoms with Gasteiger partial charge in [0.25, 0.3) is 0 Å². The fourth-order valence-electron chi connectivity index (χ4n) is 2.79. The van der Waals surface area contributed by atoms with Crippen LogP contribution in [0.4, 0.5) is 0 Å². The number of hydrogen-bond acceptors (Lipinski definition) is 5. The summed E-state index contributed by atoms with van der Waals surface area (Å²) in [6.45, 7) is 2.87. The first-order valence-electron chi connectivity index (χ1n) is 7.94. The maximum absolute atomic E-state index is 8.59. The first-order valence-corrected chi connectivity index (χ1v) is 7.94. The van der Waals surface area contributed by atoms with Crippen LogP contribution in [0.25, 0.3) is 33.9 Å². The lowest BCUT2D eigenvalue weighted by Gasteiger charge is -2.05. The van der Waals surface area contributed by atoms with Crippen molar-refractivity contribution in [3.8, 4) is 22.8 Å². The minimum Gasteiger partial charge on any atom is -0.464 e. The molecule has 122 valence electrons. The van der Waals surface area contributed by atoms with Crippen molar-refractivity contribution in [2.75, 3.05) is 0 Å². The van der Waals surface area contributed by atoms with Gasteiger partial charge in [-0.25, -0.2) is 4.98 Å². The molecule has 4 aromatic rings. The second-order valence-corrected chi connectivity index (χ2v) is 5.58. The number of nitrogens with one attached hydrogen (secondary N) is 1. The minimum absolute atomic E-state index is 0.362. The van der Waals surface area contributed by atoms with Gasteiger partial charge in [-0.05, 0) is 30.7 Å². The molecular formula is C18H17N3O3. The number of unbranched alkanes of at least 4 members (excludes halogenated alkanes) is 1. The van der Waals surface area contributed by atoms with Crippen LogP contribution in [0, 0.1) is 5.41 Å². The Morgan fingerprint density at radius 1 is 1.12 bits per heavy atom. The van der Waals surface area contributed by atoms with Crippen molar-refractivity contribution < 1.29 is 13.3 Å². The van der Waals surface area contributed by atoms with Crippen LogP contribution < -0.4 is 5.49 Å². The molecule has 0 unspecified atom stereocenters. The summed E-state index contributed by atoms with van der Waals surface area (Å²) in [4.78, 5) is 4.39. The molecule has 1 N–H and O–H groups in total. The van der Waals surface area contributed by atoms with E-state index in [2.05, 4.69) is 11.9 Å². The van der Waals surface area contributed by atoms with Gasteiger partial charge in [-0.2, -0.15) is 0 Å². The van der Waals surface area contributed by atoms with E-state index in [1.807, 2.05) is 22.8 Å². The second kappa shape index (κ2) is 5.88. The second-order valence-electron chi connectivity index (χ2n) is 5.58. The molecule has 0 fully saturated rings. The summed E-state index contributed by atoms with van der Waals surface area (Å²) in [6.07, 6.45) is 6.89. The van der Waals surface area contributed by atoms with Crippen molar-refractivity contribution in [2.24, 2.45) is 0 Å². The van der Waals surface area contributed by atoms with E-state index in [9.17, 15) is 0 Å². The average Bonchev–Trinajstić information content (AvgIpc) is 3.32. The Balaban J connectivity index is 2.02. The monoisotopic (exact) mass is 323 g/mol. The van der Waals surface area contributed by atoms with Crippen molar-refractivity contribution in [1.82, 2.24) is 9.55 Å². The Hall–Kier alpha value is -3.02. The molecule has 6 heteroatoms. The number of furan rings is 3. The number of aryl methyl sites for hydroxylation is 1. The Labute approximate surface area is 137 Å². The SMILES string of the molecule is CCCCn1cnc2oc(-c3ccco3)c(-c3ccco3)c2c1=N. The summed E-state index contributed by atoms with van der Waals surface area (Å²) in [5.74, 6) is 1.74. The molecule has 0 atom stereocenters. The fourth-order valence-corrected chi connectivity index (χ4v) is 2.79. The predicted octanol–water partition coefficient (Wildman–Crippen LogP) is 4.43. The third-order valence-corrected chi connectivity index (χ3v) is 3.99. The third kappa shape index (κ3) is 2.27. The van der Waals surface area contributed by atoms with Gasteiger partial charge in [-0.1, -0.05) is 13.3 Å². The molecule has 0 saturated heterocycles. The molecule has 0 spiro atoms. The summed E-state index contributed by atoms with van der Waals surface area (Å²) in [5.41, 5.74) is 1.47. The lowest BCUT2D eigenvalue weighted by atomic mass is 10.1. The molecule has 0 aliphatic heterocycles. The Morgan fingerprint density at radius 3 is 2.54 bits per heavy atom. The molecule has 0 aromatic carbocycles. The first kappa shape index (κ1) is 14.6. The number of nitrogens with zero attached hydrogens (tertiary/aromatic N) is 2. The fraction of sp³-hybridized carbons (Fsp3) is 0.222. The zero-order valence-corrected chi connectivity index (χ0v) is 13.3. The lowest BCUT2D eigenvalue weighted by Crippen LogP contribution is -2.20. The summed E-state index contributed by atoms with van der Waals surface area (Å²) < 4.78 is 18.8. The van der Waals surface area contributed by atoms with Crippen LogP contribution in [-0.2, 0) is 6.54 Å². The zero-order valence-electron chi connectivity index (χ0n) is 13.3. The van der Waals surface area contributed by atoms with Gasteiger partial charge in [0.1, 0.15) is 17.6 Å². The summed E-state index contributed by atoms with van der Waals surface area (Å²) in [6, 6.07) is 7.27. The van der Waals surface area contributed by atoms with Gasteiger partial charge in [0.2, 0.25) is 5.71 Å². The highest BCUT2D eigenvalue weighted by Gasteiger charge is 2.24. The number of aromatic nitrogens is 2. The van der Waals surface area contributed by atoms with Gasteiger partial charge in [0, 0.05) is 6.54 Å². The molecule has 0 radical (unpaired) electrons. The summed E-state index contributed by atoms with van der Waals surface area (Å²) in [5, 5.41) is 9.22. The summed E-state index contributed by atoms with van der Waals surface area (Å²) >= 11 is 0. The molecule has 0 aliphatic rings. The van der Waals surface area contributed by atoms with E-state index >= 15 is 0 Å². The molecule has 0 bridgehead atoms. The molecule has 0 amide bonds. The number of rotatable bonds is 5. The number of hydrogen-bond donors (Lipinski definition) is 1. The maximum atomic E-state index is 8.59. The van der Waals surface area contributed by atoms with Crippen LogP contribution in [0.1, 0.15) is 19.8 Å². The van der Waals surface area contributed by atoms with Gasteiger partial charge in [0.15, 0.2) is 11.5 Å². The van der Waals surface area contributed by atoms with Crippen LogP contribution in [0.5, 0.6) is 0 Å². The Kier molecular flexibility index (Phi) is 3.57. The quantitative estimate of drug-likeness (QED) is 0.589. The van der Waals surface area contributed by atoms with Crippen LogP contribution in [0.2, 0.25) is 0 Å². The topological polar surface area (TPSA) is 81.1 Å². The van der Waals surface area contributed by atoms with Gasteiger partial charge in [-0.15, -0.1) is 0 Å². The van der Waals surface area contributed by atoms with Crippen molar-refractivity contribution >= 4 is 11.1 Å². The highest BCUT2D eigenvalue weighted by atomic mass is 16.4. The largest absolute Gasteiger partial charge is 0.464 e. The smallest absolute Gasteiger partial charge is 0.232 e. The molecular weight excluding hydrogens is 306 g/mol. The molecule has 0 saturated carbocycles. The summed E-state index contributed by atoms with van der Waals surface area (Å²) in [7, 11) is 0. The molecule has 6 nitrogen and oxygen atoms in total. The molecule has 24 heavy (non-hydrogen) atoms. The normalized spacial score (nSPS) is 11.4. The van der Waals surface area contributed by atoms with Gasteiger partial charge >= 0.3 is 0 Å². The Morgan fingerprint density at radius 2 is 1.88 bits per heavy atom. The van der Waals surface area contributed by atoms with Gasteiger partial charge in [0.05, 0.1) is 23.5 Å². The minimum atomic E-state index is 0.362. The van der Waals surface area contributed by atoms with E-state index in [1.54, 1.807) is 24.9 Å². The van der Waals surface area contributed by atoms with Gasteiger partial charge in [-0.3, -0.25) is 5.41 Å². The van der Waals surface area contributed by atoms with Crippen molar-refractivity contribution in [2.45, 2.75) is 26.3 Å². The standard InChI is InChI=1S/C18H17N3O3/c1-2-3-8-21-11-20-18-15(17(21)19)14(12-6-4-9-22-12)16(24-18)13-7-5-10-23-13/h4-7,9-11,19H,2-3,8H2,1H3. The lowest BCUT2D eigenvalue weighted by molar-refractivity contribution is 0.534. The van der Waals surface area contributed by atoms with Gasteiger partial charge < -0.3 is 17.8 Å². The zero-order chi connectivity index (χ0) is 16.5. The van der Waals surface area contributed by atoms with E-state index in [0.29, 0.717) is 39.4 Å². The highest BCUT2D eigenvalue weighted by Crippen LogP contribution is 2.38. The van der Waals surface area contributed by atoms with Crippen LogP contribution >= 0.6 is 0 Å². The van der Waals surface area contributed by atoms with Crippen LogP contribution in [-0.4, -0.2) is 9.55 Å². The maximum Gasteiger partial charge on any atom is 0.232 e. The van der Waals surface area contributed by atoms with Crippen LogP contribution in [0.3, 0.4) is 0 Å². The van der Waals surface area contributed by atoms with E-state index in [1.165, 1.54) is 0 Å². The predicted molar refractivity (Wildman–Crippen MR) is 88.2 cm³/mol. The van der Waals surface area contributed by atoms with E-state index in [4.69, 9.17) is 18.7 Å². The van der Waals surface area contributed by atoms with Crippen molar-refractivity contribution in [1.29, 1.82) is 5.41 Å². The van der Waals surface area contributed by atoms with Crippen molar-refractivity contribution in [3.63, 3.8) is 0 Å². The first-order chi connectivity index (χ1) is 11.8. The molecule has 4 aromatic heterocycles. The van der Waals surface area contributed by atoms with Crippen LogP contribution in [0.15, 0.2) is 56.4 Å². The Bertz CT molecular complexity index is 1010. The highest BCUT2D eigenvalue weighted by molar-refractivity contribution is 5.97. The third-order valence-electron chi connectivity index (χ3n) is 3.99. The van der Waals surface area contributed by atoms with E-state index in [0.717, 1.165) is 19.4 Å². The molecule has 0 aliphatic carbocycles. The average molecular weight is 323 g/mol. The molecule has 4 heterocycles. The number of fused-ring (bicyclic) bond motifs is 1. The van der Waals surface area contributed by atoms with E-state index in [-0.39, 0.29) is 0 Å². The van der Waals surface area contributed by atoms with E-state index < -0.39 is 0 Å². The van der Waals surface area contributed by atoms with Crippen molar-refractivity contribution in [3.05, 3.63) is 48.6 Å². The molecule has 4 rings (SSSR count).